The van der Waals surface area contributed by atoms with Crippen LogP contribution in [0.15, 0.2) is 85.3 Å². The molecule has 8 rings (SSSR count). The summed E-state index contributed by atoms with van der Waals surface area (Å²) in [5.74, 6) is 0.260. The molecule has 0 saturated heterocycles. The number of hydrogen-bond acceptors (Lipinski definition) is 20. The normalized spacial score (nSPS) is 13.8. The Balaban J connectivity index is 0.588. The van der Waals surface area contributed by atoms with E-state index in [2.05, 4.69) is 89.0 Å². The number of rotatable bonds is 50. The number of pyridine rings is 1. The van der Waals surface area contributed by atoms with Crippen molar-refractivity contribution in [2.75, 3.05) is 105 Å². The largest absolute Gasteiger partial charge is 0.484 e. The molecule has 27 nitrogen and oxygen atoms in total. The van der Waals surface area contributed by atoms with Crippen LogP contribution in [0.4, 0.5) is 5.69 Å². The zero-order valence-corrected chi connectivity index (χ0v) is 62.2. The van der Waals surface area contributed by atoms with Crippen molar-refractivity contribution < 1.29 is 71.3 Å². The van der Waals surface area contributed by atoms with Crippen LogP contribution in [0.3, 0.4) is 0 Å². The summed E-state index contributed by atoms with van der Waals surface area (Å²) in [5.41, 5.74) is 6.16. The van der Waals surface area contributed by atoms with Crippen LogP contribution in [-0.2, 0) is 78.7 Å². The van der Waals surface area contributed by atoms with E-state index in [1.54, 1.807) is 53.3 Å². The van der Waals surface area contributed by atoms with Gasteiger partial charge in [-0.15, -0.1) is 5.10 Å². The van der Waals surface area contributed by atoms with Crippen LogP contribution in [-0.4, -0.2) is 189 Å². The summed E-state index contributed by atoms with van der Waals surface area (Å²) in [6.45, 7) is 24.6. The Morgan fingerprint density at radius 2 is 1.34 bits per heavy atom. The van der Waals surface area contributed by atoms with Crippen LogP contribution in [0, 0.1) is 37.0 Å². The topological polar surface area (TPSA) is 305 Å². The predicted octanol–water partition coefficient (Wildman–Crippen LogP) is 9.78. The van der Waals surface area contributed by atoms with Gasteiger partial charge < -0.3 is 68.6 Å². The van der Waals surface area contributed by atoms with Crippen LogP contribution in [0.5, 0.6) is 17.4 Å². The Morgan fingerprint density at radius 3 is 1.97 bits per heavy atom. The first-order valence-electron chi connectivity index (χ1n) is 35.9. The summed E-state index contributed by atoms with van der Waals surface area (Å²) >= 11 is 0. The lowest BCUT2D eigenvalue weighted by atomic mass is 9.88. The third kappa shape index (κ3) is 28.3. The van der Waals surface area contributed by atoms with Gasteiger partial charge in [0.2, 0.25) is 11.8 Å². The molecule has 0 unspecified atom stereocenters. The summed E-state index contributed by atoms with van der Waals surface area (Å²) in [5, 5.41) is 29.7. The minimum Gasteiger partial charge on any atom is -0.484 e. The molecule has 2 aromatic carbocycles. The number of benzene rings is 2. The molecule has 4 heterocycles. The number of esters is 1. The van der Waals surface area contributed by atoms with Gasteiger partial charge in [0.1, 0.15) is 41.7 Å². The number of nitrogens with zero attached hydrogens (tertiary/aromatic N) is 8. The van der Waals surface area contributed by atoms with Gasteiger partial charge in [-0.25, -0.2) is 14.5 Å². The summed E-state index contributed by atoms with van der Waals surface area (Å²) in [4.78, 5) is 70.2. The monoisotopic (exact) mass is 1430 g/mol. The summed E-state index contributed by atoms with van der Waals surface area (Å²) in [6, 6.07) is 19.1. The minimum atomic E-state index is -1.19. The smallest absolute Gasteiger partial charge is 0.328 e. The predicted molar refractivity (Wildman–Crippen MR) is 386 cm³/mol. The molecule has 2 saturated carbocycles. The van der Waals surface area contributed by atoms with E-state index in [1.165, 1.54) is 13.3 Å². The van der Waals surface area contributed by atoms with Gasteiger partial charge >= 0.3 is 5.97 Å². The third-order valence-corrected chi connectivity index (χ3v) is 19.1. The highest BCUT2D eigenvalue weighted by atomic mass is 28.3. The summed E-state index contributed by atoms with van der Waals surface area (Å²) in [7, 11) is 0.101. The second-order valence-electron chi connectivity index (χ2n) is 28.4. The lowest BCUT2D eigenvalue weighted by Gasteiger charge is -2.27. The number of aryl methyl sites for hydroxylation is 3. The molecule has 0 radical (unpaired) electrons. The van der Waals surface area contributed by atoms with Crippen LogP contribution in [0.25, 0.3) is 11.1 Å². The van der Waals surface area contributed by atoms with Crippen molar-refractivity contribution in [1.29, 1.82) is 0 Å². The van der Waals surface area contributed by atoms with E-state index in [4.69, 9.17) is 52.5 Å². The highest BCUT2D eigenvalue weighted by molar-refractivity contribution is 6.76. The van der Waals surface area contributed by atoms with Gasteiger partial charge in [-0.1, -0.05) is 76.7 Å². The maximum Gasteiger partial charge on any atom is 0.328 e. The number of hydrogen-bond donors (Lipinski definition) is 4. The first-order valence-corrected chi connectivity index (χ1v) is 39.6. The van der Waals surface area contributed by atoms with Gasteiger partial charge in [-0.2, -0.15) is 10.2 Å². The second-order valence-corrected chi connectivity index (χ2v) is 34.0. The summed E-state index contributed by atoms with van der Waals surface area (Å²) < 4.78 is 61.6. The first kappa shape index (κ1) is 79.7. The van der Waals surface area contributed by atoms with E-state index >= 15 is 0 Å². The average molecular weight is 1430 g/mol. The van der Waals surface area contributed by atoms with E-state index in [1.807, 2.05) is 46.7 Å². The first-order chi connectivity index (χ1) is 49.2. The quantitative estimate of drug-likeness (QED) is 0.0157. The molecule has 0 bridgehead atoms. The van der Waals surface area contributed by atoms with Crippen molar-refractivity contribution in [3.63, 3.8) is 0 Å². The number of amides is 4. The molecule has 2 fully saturated rings. The highest BCUT2D eigenvalue weighted by Crippen LogP contribution is 2.51. The molecule has 4 aromatic heterocycles. The number of methoxy groups -OCH3 is 1. The summed E-state index contributed by atoms with van der Waals surface area (Å²) in [6.07, 6.45) is 14.1. The molecule has 6 aromatic rings. The Kier molecular flexibility index (Phi) is 32.3. The van der Waals surface area contributed by atoms with E-state index < -0.39 is 32.0 Å². The molecule has 28 heteroatoms. The molecule has 0 aliphatic heterocycles. The van der Waals surface area contributed by atoms with Crippen molar-refractivity contribution in [3.05, 3.63) is 114 Å². The van der Waals surface area contributed by atoms with Gasteiger partial charge in [-0.05, 0) is 136 Å². The highest BCUT2D eigenvalue weighted by Gasteiger charge is 2.48. The van der Waals surface area contributed by atoms with Crippen LogP contribution >= 0.6 is 0 Å². The average Bonchev–Trinajstić information content (AvgIpc) is 1.63. The molecular weight excluding hydrogens is 1320 g/mol. The van der Waals surface area contributed by atoms with Crippen molar-refractivity contribution in [2.45, 2.75) is 163 Å². The van der Waals surface area contributed by atoms with Crippen LogP contribution < -0.4 is 30.7 Å². The molecule has 0 spiro atoms. The fraction of sp³-hybridized carbons (Fsp3) is 0.595. The van der Waals surface area contributed by atoms with E-state index in [-0.39, 0.29) is 47.1 Å². The number of ether oxygens (including phenoxy) is 10. The fourth-order valence-electron chi connectivity index (χ4n) is 11.5. The number of aromatic nitrogens is 8. The zero-order valence-electron chi connectivity index (χ0n) is 61.2. The minimum absolute atomic E-state index is 0.0211. The lowest BCUT2D eigenvalue weighted by molar-refractivity contribution is -0.143. The Hall–Kier alpha value is -7.96. The number of nitrogens with one attached hydrogen (secondary N) is 4. The lowest BCUT2D eigenvalue weighted by Crippen LogP contribution is -2.50. The van der Waals surface area contributed by atoms with E-state index in [9.17, 15) is 24.0 Å². The molecule has 2 aliphatic carbocycles. The van der Waals surface area contributed by atoms with E-state index in [0.717, 1.165) is 98.8 Å². The van der Waals surface area contributed by atoms with Crippen molar-refractivity contribution in [2.24, 2.45) is 23.2 Å². The molecular formula is C74H108N12O15Si. The molecule has 2 atom stereocenters. The molecule has 4 amide bonds. The fourth-order valence-corrected chi connectivity index (χ4v) is 12.3. The van der Waals surface area contributed by atoms with Gasteiger partial charge in [0.05, 0.1) is 104 Å². The number of unbranched alkanes of at least 4 members (excludes halogenated alkanes) is 3. The van der Waals surface area contributed by atoms with Gasteiger partial charge in [0, 0.05) is 75.8 Å². The zero-order chi connectivity index (χ0) is 72.7. The standard InChI is InChI=1S/C74H108N12O15Si/c1-53-67(54(2)86(82-53)52-99-45-46-102(7,8)9)55-21-24-59(25-22-55)78-72(90)69(68(56-17-18-56)57-19-20-57)80-71(89)64-28-30-77-85(64)33-13-11-10-12-32-84-49-60(81-83-84)50-98-44-43-97-42-41-96-40-39-95-38-37-94-36-35-93-34-31-75-65(87)51-100-61-15-14-16-62(47-61)101-66-26-23-58(48-76-66)70(88)79-63(73(91)92-6)27-29-74(3,4)5/h14-16,21-26,28,30,47-49,56-57,63,68-69H,10-13,17-20,27,29,31-46,50-52H2,1-9H3,(H,75,87)(H,78,90)(H,79,88)(H,80,89)/t63-,69-/m0/s1. The van der Waals surface area contributed by atoms with Gasteiger partial charge in [-0.3, -0.25) is 28.5 Å². The van der Waals surface area contributed by atoms with Crippen LogP contribution in [0.2, 0.25) is 25.7 Å². The SMILES string of the molecule is COC(=O)[C@H](CCC(C)(C)C)NC(=O)c1ccc(Oc2cccc(OCC(=O)NCCOCCOCCOCCOCCOCCOCc3cn(CCCCCCn4nccc4C(=O)N[C@H](C(=O)Nc4ccc(-c5c(C)nn(COCC[Si](C)(C)C)c5C)cc4)C(C4CC4)C4CC4)nn3)c2)nc1. The Morgan fingerprint density at radius 1 is 0.696 bits per heavy atom. The number of carbonyl (C=O) groups excluding carboxylic acids is 5. The molecule has 2 aliphatic rings. The molecule has 558 valence electrons. The second kappa shape index (κ2) is 41.4. The maximum atomic E-state index is 14.3. The van der Waals surface area contributed by atoms with Crippen molar-refractivity contribution in [3.8, 4) is 28.5 Å². The third-order valence-electron chi connectivity index (χ3n) is 17.4. The van der Waals surface area contributed by atoms with Gasteiger partial charge in [0.15, 0.2) is 6.61 Å². The number of anilines is 1. The number of carbonyl (C=O) groups is 5. The van der Waals surface area contributed by atoms with Gasteiger partial charge in [0.25, 0.3) is 17.7 Å². The Labute approximate surface area is 600 Å². The van der Waals surface area contributed by atoms with E-state index in [0.29, 0.717) is 147 Å². The van der Waals surface area contributed by atoms with Crippen LogP contribution in [0.1, 0.15) is 123 Å². The maximum absolute atomic E-state index is 14.3. The van der Waals surface area contributed by atoms with Crippen molar-refractivity contribution in [1.82, 2.24) is 55.5 Å². The van der Waals surface area contributed by atoms with Crippen molar-refractivity contribution >= 4 is 43.4 Å². The molecule has 4 N–H and O–H groups in total. The molecule has 102 heavy (non-hydrogen) atoms. The Bertz CT molecular complexity index is 3520.